The summed E-state index contributed by atoms with van der Waals surface area (Å²) in [7, 11) is 1.78. The number of benzene rings is 1. The Labute approximate surface area is 124 Å². The quantitative estimate of drug-likeness (QED) is 0.729. The first-order valence-corrected chi connectivity index (χ1v) is 7.80. The smallest absolute Gasteiger partial charge is 0.111 e. The number of hydrogen-bond acceptors (Lipinski definition) is 2. The van der Waals surface area contributed by atoms with Gasteiger partial charge in [-0.15, -0.1) is 11.6 Å². The van der Waals surface area contributed by atoms with Gasteiger partial charge in [0.25, 0.3) is 0 Å². The molecule has 0 radical (unpaired) electrons. The molecule has 1 aliphatic rings. The van der Waals surface area contributed by atoms with Crippen molar-refractivity contribution in [2.75, 3.05) is 19.6 Å². The number of ether oxygens (including phenoxy) is 1. The molecule has 1 aromatic heterocycles. The Hall–Kier alpha value is -1.06. The second-order valence-corrected chi connectivity index (χ2v) is 6.16. The summed E-state index contributed by atoms with van der Waals surface area (Å²) in [6.07, 6.45) is 4.55. The molecule has 0 bridgehead atoms. The summed E-state index contributed by atoms with van der Waals surface area (Å²) >= 11 is 5.93. The Bertz CT molecular complexity index is 589. The molecule has 1 heterocycles. The number of imidazole rings is 1. The van der Waals surface area contributed by atoms with Gasteiger partial charge in [-0.1, -0.05) is 12.1 Å². The summed E-state index contributed by atoms with van der Waals surface area (Å²) in [6, 6.07) is 8.37. The third kappa shape index (κ3) is 2.70. The molecule has 20 heavy (non-hydrogen) atoms. The van der Waals surface area contributed by atoms with E-state index in [1.807, 2.05) is 6.07 Å². The third-order valence-electron chi connectivity index (χ3n) is 4.34. The maximum absolute atomic E-state index is 5.93. The number of fused-ring (bicyclic) bond motifs is 1. The zero-order chi connectivity index (χ0) is 14.0. The van der Waals surface area contributed by atoms with Gasteiger partial charge in [0.1, 0.15) is 5.82 Å². The molecular formula is C16H21ClN2O. The second-order valence-electron chi connectivity index (χ2n) is 5.78. The number of methoxy groups -OCH3 is 1. The number of aromatic nitrogens is 2. The summed E-state index contributed by atoms with van der Waals surface area (Å²) in [4.78, 5) is 4.74. The van der Waals surface area contributed by atoms with E-state index in [0.29, 0.717) is 11.3 Å². The topological polar surface area (TPSA) is 27.1 Å². The predicted molar refractivity (Wildman–Crippen MR) is 82.3 cm³/mol. The summed E-state index contributed by atoms with van der Waals surface area (Å²) < 4.78 is 7.63. The highest BCUT2D eigenvalue weighted by Gasteiger charge is 2.42. The average molecular weight is 293 g/mol. The summed E-state index contributed by atoms with van der Waals surface area (Å²) in [5.41, 5.74) is 2.73. The van der Waals surface area contributed by atoms with Crippen LogP contribution in [-0.4, -0.2) is 29.1 Å². The molecule has 0 atom stereocenters. The molecule has 0 saturated heterocycles. The highest BCUT2D eigenvalue weighted by atomic mass is 35.5. The van der Waals surface area contributed by atoms with Gasteiger partial charge in [-0.25, -0.2) is 4.98 Å². The van der Waals surface area contributed by atoms with Gasteiger partial charge in [-0.05, 0) is 36.8 Å². The Morgan fingerprint density at radius 1 is 1.35 bits per heavy atom. The molecule has 0 spiro atoms. The van der Waals surface area contributed by atoms with Gasteiger partial charge < -0.3 is 9.30 Å². The minimum atomic E-state index is 0.417. The Kier molecular flexibility index (Phi) is 3.99. The molecule has 3 rings (SSSR count). The van der Waals surface area contributed by atoms with Crippen LogP contribution in [0.3, 0.4) is 0 Å². The maximum atomic E-state index is 5.93. The lowest BCUT2D eigenvalue weighted by molar-refractivity contribution is 0.167. The lowest BCUT2D eigenvalue weighted by Crippen LogP contribution is -2.16. The van der Waals surface area contributed by atoms with Gasteiger partial charge in [0.05, 0.1) is 11.0 Å². The Morgan fingerprint density at radius 2 is 2.15 bits per heavy atom. The monoisotopic (exact) mass is 292 g/mol. The highest BCUT2D eigenvalue weighted by Crippen LogP contribution is 2.50. The van der Waals surface area contributed by atoms with E-state index in [0.717, 1.165) is 37.3 Å². The van der Waals surface area contributed by atoms with E-state index < -0.39 is 0 Å². The van der Waals surface area contributed by atoms with Crippen LogP contribution in [0, 0.1) is 5.41 Å². The van der Waals surface area contributed by atoms with E-state index >= 15 is 0 Å². The zero-order valence-corrected chi connectivity index (χ0v) is 12.7. The van der Waals surface area contributed by atoms with Crippen molar-refractivity contribution in [3.63, 3.8) is 0 Å². The minimum Gasteiger partial charge on any atom is -0.385 e. The SMILES string of the molecule is COCCC1(Cn2c(CCCl)nc3ccccc32)CC1. The molecular weight excluding hydrogens is 272 g/mol. The lowest BCUT2D eigenvalue weighted by atomic mass is 10.0. The highest BCUT2D eigenvalue weighted by molar-refractivity contribution is 6.17. The van der Waals surface area contributed by atoms with Crippen molar-refractivity contribution in [2.45, 2.75) is 32.2 Å². The maximum Gasteiger partial charge on any atom is 0.111 e. The first-order chi connectivity index (χ1) is 9.78. The van der Waals surface area contributed by atoms with Gasteiger partial charge in [0, 0.05) is 32.6 Å². The van der Waals surface area contributed by atoms with E-state index in [-0.39, 0.29) is 0 Å². The van der Waals surface area contributed by atoms with Crippen molar-refractivity contribution in [3.8, 4) is 0 Å². The molecule has 1 fully saturated rings. The van der Waals surface area contributed by atoms with Crippen molar-refractivity contribution in [2.24, 2.45) is 5.41 Å². The van der Waals surface area contributed by atoms with Crippen LogP contribution in [-0.2, 0) is 17.7 Å². The molecule has 4 heteroatoms. The van der Waals surface area contributed by atoms with Crippen LogP contribution in [0.5, 0.6) is 0 Å². The molecule has 0 amide bonds. The molecule has 1 saturated carbocycles. The van der Waals surface area contributed by atoms with E-state index in [2.05, 4.69) is 22.8 Å². The van der Waals surface area contributed by atoms with E-state index in [1.54, 1.807) is 7.11 Å². The van der Waals surface area contributed by atoms with Crippen LogP contribution in [0.25, 0.3) is 11.0 Å². The number of halogens is 1. The standard InChI is InChI=1S/C16H21ClN2O/c1-20-11-9-16(7-8-16)12-19-14-5-3-2-4-13(14)18-15(19)6-10-17/h2-5H,6-12H2,1H3. The van der Waals surface area contributed by atoms with E-state index in [9.17, 15) is 0 Å². The Balaban J connectivity index is 1.91. The molecule has 3 nitrogen and oxygen atoms in total. The summed E-state index contributed by atoms with van der Waals surface area (Å²) in [5.74, 6) is 1.74. The van der Waals surface area contributed by atoms with Crippen LogP contribution >= 0.6 is 11.6 Å². The minimum absolute atomic E-state index is 0.417. The van der Waals surface area contributed by atoms with E-state index in [4.69, 9.17) is 21.3 Å². The second kappa shape index (κ2) is 5.74. The van der Waals surface area contributed by atoms with Gasteiger partial charge in [0.2, 0.25) is 0 Å². The first-order valence-electron chi connectivity index (χ1n) is 7.27. The fourth-order valence-electron chi connectivity index (χ4n) is 2.90. The molecule has 2 aromatic rings. The van der Waals surface area contributed by atoms with Crippen molar-refractivity contribution in [1.82, 2.24) is 9.55 Å². The van der Waals surface area contributed by atoms with Crippen molar-refractivity contribution in [1.29, 1.82) is 0 Å². The number of alkyl halides is 1. The molecule has 0 unspecified atom stereocenters. The van der Waals surface area contributed by atoms with Gasteiger partial charge >= 0.3 is 0 Å². The molecule has 1 aromatic carbocycles. The van der Waals surface area contributed by atoms with Crippen LogP contribution in [0.1, 0.15) is 25.1 Å². The van der Waals surface area contributed by atoms with Crippen molar-refractivity contribution >= 4 is 22.6 Å². The fourth-order valence-corrected chi connectivity index (χ4v) is 3.06. The first kappa shape index (κ1) is 13.9. The predicted octanol–water partition coefficient (Wildman–Crippen LogP) is 3.63. The van der Waals surface area contributed by atoms with Gasteiger partial charge in [-0.3, -0.25) is 0 Å². The lowest BCUT2D eigenvalue weighted by Gasteiger charge is -2.18. The number of aryl methyl sites for hydroxylation is 1. The largest absolute Gasteiger partial charge is 0.385 e. The summed E-state index contributed by atoms with van der Waals surface area (Å²) in [5, 5.41) is 0. The summed E-state index contributed by atoms with van der Waals surface area (Å²) in [6.45, 7) is 1.89. The van der Waals surface area contributed by atoms with Crippen molar-refractivity contribution < 1.29 is 4.74 Å². The van der Waals surface area contributed by atoms with Crippen LogP contribution in [0.2, 0.25) is 0 Å². The van der Waals surface area contributed by atoms with Crippen molar-refractivity contribution in [3.05, 3.63) is 30.1 Å². The van der Waals surface area contributed by atoms with Gasteiger partial charge in [0.15, 0.2) is 0 Å². The van der Waals surface area contributed by atoms with Crippen LogP contribution in [0.15, 0.2) is 24.3 Å². The average Bonchev–Trinajstić information content (AvgIpc) is 3.15. The van der Waals surface area contributed by atoms with Crippen LogP contribution < -0.4 is 0 Å². The van der Waals surface area contributed by atoms with E-state index in [1.165, 1.54) is 18.4 Å². The van der Waals surface area contributed by atoms with Crippen LogP contribution in [0.4, 0.5) is 0 Å². The fraction of sp³-hybridized carbons (Fsp3) is 0.562. The Morgan fingerprint density at radius 3 is 2.85 bits per heavy atom. The number of hydrogen-bond donors (Lipinski definition) is 0. The normalized spacial score (nSPS) is 16.7. The molecule has 0 N–H and O–H groups in total. The molecule has 0 aliphatic heterocycles. The number of para-hydroxylation sites is 2. The zero-order valence-electron chi connectivity index (χ0n) is 11.9. The number of rotatable bonds is 7. The third-order valence-corrected chi connectivity index (χ3v) is 4.53. The molecule has 108 valence electrons. The van der Waals surface area contributed by atoms with Gasteiger partial charge in [-0.2, -0.15) is 0 Å². The molecule has 1 aliphatic carbocycles. The number of nitrogens with zero attached hydrogens (tertiary/aromatic N) is 2.